The Labute approximate surface area is 114 Å². The summed E-state index contributed by atoms with van der Waals surface area (Å²) in [5, 5.41) is 16.8. The minimum atomic E-state index is 0.283. The Morgan fingerprint density at radius 2 is 2.39 bits per heavy atom. The minimum absolute atomic E-state index is 0.283. The maximum absolute atomic E-state index is 8.85. The van der Waals surface area contributed by atoms with Gasteiger partial charge >= 0.3 is 0 Å². The summed E-state index contributed by atoms with van der Waals surface area (Å²) in [6.45, 7) is 5.77. The van der Waals surface area contributed by atoms with Gasteiger partial charge in [-0.05, 0) is 36.8 Å². The summed E-state index contributed by atoms with van der Waals surface area (Å²) in [6.07, 6.45) is 3.37. The van der Waals surface area contributed by atoms with Crippen LogP contribution in [0.3, 0.4) is 0 Å². The van der Waals surface area contributed by atoms with E-state index in [4.69, 9.17) is 5.11 Å². The Bertz CT molecular complexity index is 329. The van der Waals surface area contributed by atoms with Gasteiger partial charge in [0.1, 0.15) is 0 Å². The Balaban J connectivity index is 1.91. The number of rotatable bonds is 6. The van der Waals surface area contributed by atoms with E-state index in [9.17, 15) is 0 Å². The van der Waals surface area contributed by atoms with Gasteiger partial charge in [-0.15, -0.1) is 0 Å². The summed E-state index contributed by atoms with van der Waals surface area (Å²) in [5.41, 5.74) is 1.37. The van der Waals surface area contributed by atoms with Crippen LogP contribution < -0.4 is 10.2 Å². The number of nitrogens with zero attached hydrogens (tertiary/aromatic N) is 1. The quantitative estimate of drug-likeness (QED) is 0.777. The summed E-state index contributed by atoms with van der Waals surface area (Å²) in [6, 6.07) is 2.78. The van der Waals surface area contributed by atoms with Crippen molar-refractivity contribution in [3.8, 4) is 0 Å². The van der Waals surface area contributed by atoms with E-state index in [0.29, 0.717) is 6.04 Å². The molecule has 1 aromatic rings. The Morgan fingerprint density at radius 1 is 1.50 bits per heavy atom. The fourth-order valence-corrected chi connectivity index (χ4v) is 3.34. The van der Waals surface area contributed by atoms with E-state index in [2.05, 4.69) is 34.0 Å². The van der Waals surface area contributed by atoms with Crippen molar-refractivity contribution in [1.29, 1.82) is 0 Å². The molecule has 0 spiro atoms. The number of hydrogen-bond donors (Lipinski definition) is 2. The molecule has 3 nitrogen and oxygen atoms in total. The molecule has 2 unspecified atom stereocenters. The van der Waals surface area contributed by atoms with Crippen LogP contribution in [0.25, 0.3) is 0 Å². The summed E-state index contributed by atoms with van der Waals surface area (Å²) >= 11 is 1.77. The molecule has 0 saturated carbocycles. The lowest BCUT2D eigenvalue weighted by Crippen LogP contribution is -2.49. The molecule has 2 atom stereocenters. The maximum Gasteiger partial charge on any atom is 0.0475 e. The zero-order valence-corrected chi connectivity index (χ0v) is 12.0. The van der Waals surface area contributed by atoms with Gasteiger partial charge in [0.15, 0.2) is 0 Å². The normalized spacial score (nSPS) is 24.4. The molecule has 102 valence electrons. The zero-order valence-electron chi connectivity index (χ0n) is 11.1. The zero-order chi connectivity index (χ0) is 12.8. The fraction of sp³-hybridized carbons (Fsp3) is 0.714. The predicted molar refractivity (Wildman–Crippen MR) is 78.4 cm³/mol. The summed E-state index contributed by atoms with van der Waals surface area (Å²) < 4.78 is 0. The molecule has 4 heteroatoms. The van der Waals surface area contributed by atoms with Gasteiger partial charge in [-0.25, -0.2) is 0 Å². The number of thiophene rings is 1. The van der Waals surface area contributed by atoms with Gasteiger partial charge < -0.3 is 15.3 Å². The molecule has 1 aliphatic rings. The smallest absolute Gasteiger partial charge is 0.0475 e. The van der Waals surface area contributed by atoms with Crippen LogP contribution in [0.4, 0.5) is 5.69 Å². The van der Waals surface area contributed by atoms with Gasteiger partial charge in [-0.1, -0.05) is 13.3 Å². The van der Waals surface area contributed by atoms with E-state index in [1.165, 1.54) is 25.1 Å². The van der Waals surface area contributed by atoms with E-state index in [1.54, 1.807) is 11.3 Å². The van der Waals surface area contributed by atoms with E-state index < -0.39 is 0 Å². The van der Waals surface area contributed by atoms with Crippen molar-refractivity contribution in [3.05, 3.63) is 16.8 Å². The molecule has 18 heavy (non-hydrogen) atoms. The van der Waals surface area contributed by atoms with Crippen LogP contribution >= 0.6 is 11.3 Å². The highest BCUT2D eigenvalue weighted by Gasteiger charge is 2.26. The molecule has 1 fully saturated rings. The van der Waals surface area contributed by atoms with Gasteiger partial charge in [0.25, 0.3) is 0 Å². The Kier molecular flexibility index (Phi) is 5.47. The van der Waals surface area contributed by atoms with Crippen molar-refractivity contribution in [2.45, 2.75) is 32.2 Å². The van der Waals surface area contributed by atoms with Gasteiger partial charge in [0.05, 0.1) is 0 Å². The van der Waals surface area contributed by atoms with Crippen molar-refractivity contribution in [1.82, 2.24) is 5.32 Å². The summed E-state index contributed by atoms with van der Waals surface area (Å²) in [4.78, 5) is 2.50. The van der Waals surface area contributed by atoms with Gasteiger partial charge in [0.2, 0.25) is 0 Å². The standard InChI is InChI=1S/C14H24N2OS/c1-2-12-8-13(15-5-3-6-17)10-16(9-12)14-4-7-18-11-14/h4,7,11-13,15,17H,2-3,5-6,8-10H2,1H3. The molecule has 1 saturated heterocycles. The van der Waals surface area contributed by atoms with Crippen LogP contribution in [-0.4, -0.2) is 37.4 Å². The molecular weight excluding hydrogens is 244 g/mol. The lowest BCUT2D eigenvalue weighted by molar-refractivity contribution is 0.273. The lowest BCUT2D eigenvalue weighted by Gasteiger charge is -2.39. The second-order valence-corrected chi connectivity index (χ2v) is 5.90. The van der Waals surface area contributed by atoms with Crippen molar-refractivity contribution in [3.63, 3.8) is 0 Å². The van der Waals surface area contributed by atoms with Crippen molar-refractivity contribution in [2.24, 2.45) is 5.92 Å². The number of aliphatic hydroxyl groups is 1. The van der Waals surface area contributed by atoms with E-state index in [1.807, 2.05) is 0 Å². The lowest BCUT2D eigenvalue weighted by atomic mass is 9.92. The first-order valence-electron chi connectivity index (χ1n) is 6.94. The van der Waals surface area contributed by atoms with Crippen LogP contribution in [0.15, 0.2) is 16.8 Å². The molecule has 0 aliphatic carbocycles. The Morgan fingerprint density at radius 3 is 3.06 bits per heavy atom. The molecule has 0 amide bonds. The average Bonchev–Trinajstić information content (AvgIpc) is 2.92. The highest BCUT2D eigenvalue weighted by molar-refractivity contribution is 7.08. The molecule has 0 radical (unpaired) electrons. The van der Waals surface area contributed by atoms with E-state index in [-0.39, 0.29) is 6.61 Å². The van der Waals surface area contributed by atoms with Crippen LogP contribution in [0.2, 0.25) is 0 Å². The SMILES string of the molecule is CCC1CC(NCCCO)CN(c2ccsc2)C1. The molecule has 2 heterocycles. The first-order valence-corrected chi connectivity index (χ1v) is 7.89. The molecule has 0 bridgehead atoms. The number of nitrogens with one attached hydrogen (secondary N) is 1. The topological polar surface area (TPSA) is 35.5 Å². The van der Waals surface area contributed by atoms with Crippen LogP contribution in [0.5, 0.6) is 0 Å². The highest BCUT2D eigenvalue weighted by Crippen LogP contribution is 2.26. The first kappa shape index (κ1) is 13.8. The summed E-state index contributed by atoms with van der Waals surface area (Å²) in [5.74, 6) is 0.783. The van der Waals surface area contributed by atoms with Crippen LogP contribution in [-0.2, 0) is 0 Å². The highest BCUT2D eigenvalue weighted by atomic mass is 32.1. The number of aliphatic hydroxyl groups excluding tert-OH is 1. The average molecular weight is 268 g/mol. The third-order valence-electron chi connectivity index (χ3n) is 3.75. The van der Waals surface area contributed by atoms with Crippen molar-refractivity contribution >= 4 is 17.0 Å². The van der Waals surface area contributed by atoms with Crippen LogP contribution in [0.1, 0.15) is 26.2 Å². The minimum Gasteiger partial charge on any atom is -0.396 e. The molecule has 1 aliphatic heterocycles. The number of hydrogen-bond acceptors (Lipinski definition) is 4. The predicted octanol–water partition coefficient (Wildman–Crippen LogP) is 2.33. The second kappa shape index (κ2) is 7.12. The van der Waals surface area contributed by atoms with Crippen LogP contribution in [0, 0.1) is 5.92 Å². The van der Waals surface area contributed by atoms with Crippen molar-refractivity contribution < 1.29 is 5.11 Å². The molecule has 2 rings (SSSR count). The van der Waals surface area contributed by atoms with Crippen molar-refractivity contribution in [2.75, 3.05) is 31.1 Å². The maximum atomic E-state index is 8.85. The molecular formula is C14H24N2OS. The van der Waals surface area contributed by atoms with E-state index in [0.717, 1.165) is 25.4 Å². The number of piperidine rings is 1. The van der Waals surface area contributed by atoms with Gasteiger partial charge in [0, 0.05) is 36.8 Å². The first-order chi connectivity index (χ1) is 8.83. The van der Waals surface area contributed by atoms with Gasteiger partial charge in [-0.3, -0.25) is 0 Å². The third kappa shape index (κ3) is 3.70. The largest absolute Gasteiger partial charge is 0.396 e. The Hall–Kier alpha value is -0.580. The fourth-order valence-electron chi connectivity index (χ4n) is 2.68. The summed E-state index contributed by atoms with van der Waals surface area (Å²) in [7, 11) is 0. The third-order valence-corrected chi connectivity index (χ3v) is 4.42. The van der Waals surface area contributed by atoms with E-state index >= 15 is 0 Å². The monoisotopic (exact) mass is 268 g/mol. The number of anilines is 1. The second-order valence-electron chi connectivity index (χ2n) is 5.12. The van der Waals surface area contributed by atoms with Gasteiger partial charge in [-0.2, -0.15) is 11.3 Å². The molecule has 1 aromatic heterocycles. The molecule has 2 N–H and O–H groups in total. The molecule has 0 aromatic carbocycles.